The van der Waals surface area contributed by atoms with Gasteiger partial charge in [-0.25, -0.2) is 0 Å². The van der Waals surface area contributed by atoms with E-state index in [1.807, 2.05) is 0 Å². The third-order valence-electron chi connectivity index (χ3n) is 3.31. The first-order valence-electron chi connectivity index (χ1n) is 5.56. The van der Waals surface area contributed by atoms with E-state index in [0.717, 1.165) is 6.54 Å². The van der Waals surface area contributed by atoms with E-state index in [2.05, 4.69) is 26.1 Å². The number of rotatable bonds is 6. The first kappa shape index (κ1) is 11.0. The van der Waals surface area contributed by atoms with Crippen LogP contribution in [0.1, 0.15) is 40.0 Å². The van der Waals surface area contributed by atoms with E-state index in [-0.39, 0.29) is 6.10 Å². The first-order chi connectivity index (χ1) is 6.15. The molecule has 0 spiro atoms. The third kappa shape index (κ3) is 3.65. The van der Waals surface area contributed by atoms with Crippen LogP contribution in [0.4, 0.5) is 0 Å². The zero-order valence-electron chi connectivity index (χ0n) is 9.09. The smallest absolute Gasteiger partial charge is 0.0692 e. The van der Waals surface area contributed by atoms with Crippen molar-refractivity contribution in [3.8, 4) is 0 Å². The Balaban J connectivity index is 2.09. The molecule has 0 saturated heterocycles. The lowest BCUT2D eigenvalue weighted by Crippen LogP contribution is -2.38. The van der Waals surface area contributed by atoms with Crippen LogP contribution in [0.2, 0.25) is 0 Å². The average molecular weight is 185 g/mol. The van der Waals surface area contributed by atoms with Gasteiger partial charge in [0.15, 0.2) is 0 Å². The molecule has 3 atom stereocenters. The van der Waals surface area contributed by atoms with Crippen molar-refractivity contribution in [3.05, 3.63) is 0 Å². The predicted molar refractivity (Wildman–Crippen MR) is 55.7 cm³/mol. The number of aliphatic hydroxyl groups is 1. The average Bonchev–Trinajstić information content (AvgIpc) is 2.95. The molecule has 0 aromatic rings. The Labute approximate surface area is 81.7 Å². The molecule has 0 bridgehead atoms. The Morgan fingerprint density at radius 3 is 2.46 bits per heavy atom. The Bertz CT molecular complexity index is 145. The molecule has 1 aliphatic rings. The van der Waals surface area contributed by atoms with Crippen LogP contribution in [0.25, 0.3) is 0 Å². The fourth-order valence-electron chi connectivity index (χ4n) is 1.51. The minimum absolute atomic E-state index is 0.105. The highest BCUT2D eigenvalue weighted by Gasteiger charge is 2.29. The highest BCUT2D eigenvalue weighted by atomic mass is 16.3. The molecule has 2 N–H and O–H groups in total. The maximum absolute atomic E-state index is 9.63. The van der Waals surface area contributed by atoms with E-state index in [4.69, 9.17) is 0 Å². The summed E-state index contributed by atoms with van der Waals surface area (Å²) in [6, 6.07) is 0.526. The Hall–Kier alpha value is -0.0800. The number of hydrogen-bond donors (Lipinski definition) is 2. The Morgan fingerprint density at radius 1 is 1.38 bits per heavy atom. The Morgan fingerprint density at radius 2 is 2.00 bits per heavy atom. The van der Waals surface area contributed by atoms with E-state index >= 15 is 0 Å². The van der Waals surface area contributed by atoms with Crippen molar-refractivity contribution in [1.82, 2.24) is 5.32 Å². The van der Waals surface area contributed by atoms with Crippen molar-refractivity contribution < 1.29 is 5.11 Å². The SMILES string of the molecule is CCC(C)C(C)NCC(O)C1CC1. The van der Waals surface area contributed by atoms with Gasteiger partial charge in [0.2, 0.25) is 0 Å². The van der Waals surface area contributed by atoms with E-state index in [1.54, 1.807) is 0 Å². The molecule has 0 radical (unpaired) electrons. The van der Waals surface area contributed by atoms with Crippen LogP contribution in [-0.4, -0.2) is 23.8 Å². The second-order valence-corrected chi connectivity index (χ2v) is 4.49. The molecule has 2 heteroatoms. The van der Waals surface area contributed by atoms with Gasteiger partial charge in [0.1, 0.15) is 0 Å². The minimum atomic E-state index is -0.105. The second-order valence-electron chi connectivity index (χ2n) is 4.49. The highest BCUT2D eigenvalue weighted by molar-refractivity contribution is 4.83. The molecule has 0 aromatic carbocycles. The normalized spacial score (nSPS) is 24.0. The topological polar surface area (TPSA) is 32.3 Å². The lowest BCUT2D eigenvalue weighted by atomic mass is 10.0. The summed E-state index contributed by atoms with van der Waals surface area (Å²) in [5.41, 5.74) is 0. The molecular weight excluding hydrogens is 162 g/mol. The molecule has 78 valence electrons. The van der Waals surface area contributed by atoms with Crippen LogP contribution in [0.3, 0.4) is 0 Å². The highest BCUT2D eigenvalue weighted by Crippen LogP contribution is 2.32. The maximum Gasteiger partial charge on any atom is 0.0692 e. The molecule has 1 fully saturated rings. The van der Waals surface area contributed by atoms with Gasteiger partial charge in [-0.05, 0) is 31.6 Å². The molecule has 0 amide bonds. The summed E-state index contributed by atoms with van der Waals surface area (Å²) in [5, 5.41) is 13.0. The summed E-state index contributed by atoms with van der Waals surface area (Å²) >= 11 is 0. The lowest BCUT2D eigenvalue weighted by Gasteiger charge is -2.21. The van der Waals surface area contributed by atoms with Gasteiger partial charge in [0, 0.05) is 12.6 Å². The molecule has 3 unspecified atom stereocenters. The number of hydrogen-bond acceptors (Lipinski definition) is 2. The fraction of sp³-hybridized carbons (Fsp3) is 1.00. The summed E-state index contributed by atoms with van der Waals surface area (Å²) < 4.78 is 0. The van der Waals surface area contributed by atoms with Crippen molar-refractivity contribution in [1.29, 1.82) is 0 Å². The second kappa shape index (κ2) is 4.97. The van der Waals surface area contributed by atoms with Crippen molar-refractivity contribution in [2.45, 2.75) is 52.2 Å². The molecule has 2 nitrogen and oxygen atoms in total. The standard InChI is InChI=1S/C11H23NO/c1-4-8(2)9(3)12-7-11(13)10-5-6-10/h8-13H,4-7H2,1-3H3. The van der Waals surface area contributed by atoms with Gasteiger partial charge in [-0.15, -0.1) is 0 Å². The van der Waals surface area contributed by atoms with E-state index in [9.17, 15) is 5.11 Å². The number of aliphatic hydroxyl groups excluding tert-OH is 1. The van der Waals surface area contributed by atoms with Crippen molar-refractivity contribution in [2.75, 3.05) is 6.54 Å². The van der Waals surface area contributed by atoms with E-state index in [0.29, 0.717) is 17.9 Å². The predicted octanol–water partition coefficient (Wildman–Crippen LogP) is 1.78. The first-order valence-corrected chi connectivity index (χ1v) is 5.56. The Kier molecular flexibility index (Phi) is 4.20. The summed E-state index contributed by atoms with van der Waals surface area (Å²) in [5.74, 6) is 1.29. The van der Waals surface area contributed by atoms with Crippen LogP contribution in [0.15, 0.2) is 0 Å². The zero-order chi connectivity index (χ0) is 9.84. The van der Waals surface area contributed by atoms with Gasteiger partial charge >= 0.3 is 0 Å². The molecule has 0 aromatic heterocycles. The van der Waals surface area contributed by atoms with Crippen molar-refractivity contribution in [3.63, 3.8) is 0 Å². The van der Waals surface area contributed by atoms with Crippen molar-refractivity contribution >= 4 is 0 Å². The summed E-state index contributed by atoms with van der Waals surface area (Å²) in [6.07, 6.45) is 3.54. The molecule has 0 aliphatic heterocycles. The maximum atomic E-state index is 9.63. The molecule has 1 aliphatic carbocycles. The van der Waals surface area contributed by atoms with E-state index < -0.39 is 0 Å². The van der Waals surface area contributed by atoms with Crippen LogP contribution in [0, 0.1) is 11.8 Å². The van der Waals surface area contributed by atoms with Gasteiger partial charge in [-0.1, -0.05) is 20.3 Å². The molecular formula is C11H23NO. The minimum Gasteiger partial charge on any atom is -0.392 e. The van der Waals surface area contributed by atoms with Gasteiger partial charge < -0.3 is 10.4 Å². The van der Waals surface area contributed by atoms with Gasteiger partial charge in [-0.2, -0.15) is 0 Å². The summed E-state index contributed by atoms with van der Waals surface area (Å²) in [7, 11) is 0. The molecule has 13 heavy (non-hydrogen) atoms. The van der Waals surface area contributed by atoms with Crippen molar-refractivity contribution in [2.24, 2.45) is 11.8 Å². The van der Waals surface area contributed by atoms with Crippen LogP contribution < -0.4 is 5.32 Å². The largest absolute Gasteiger partial charge is 0.392 e. The molecule has 1 rings (SSSR count). The van der Waals surface area contributed by atoms with Gasteiger partial charge in [0.05, 0.1) is 6.10 Å². The quantitative estimate of drug-likeness (QED) is 0.661. The monoisotopic (exact) mass is 185 g/mol. The molecule has 0 heterocycles. The van der Waals surface area contributed by atoms with Gasteiger partial charge in [0.25, 0.3) is 0 Å². The van der Waals surface area contributed by atoms with Crippen LogP contribution in [-0.2, 0) is 0 Å². The zero-order valence-corrected chi connectivity index (χ0v) is 9.09. The third-order valence-corrected chi connectivity index (χ3v) is 3.31. The fourth-order valence-corrected chi connectivity index (χ4v) is 1.51. The molecule has 1 saturated carbocycles. The van der Waals surface area contributed by atoms with Crippen LogP contribution in [0.5, 0.6) is 0 Å². The lowest BCUT2D eigenvalue weighted by molar-refractivity contribution is 0.141. The number of nitrogens with one attached hydrogen (secondary N) is 1. The van der Waals surface area contributed by atoms with Crippen LogP contribution >= 0.6 is 0 Å². The summed E-state index contributed by atoms with van der Waals surface area (Å²) in [6.45, 7) is 7.44. The van der Waals surface area contributed by atoms with Gasteiger partial charge in [-0.3, -0.25) is 0 Å². The van der Waals surface area contributed by atoms with E-state index in [1.165, 1.54) is 19.3 Å². The summed E-state index contributed by atoms with van der Waals surface area (Å²) in [4.78, 5) is 0.